The van der Waals surface area contributed by atoms with Crippen molar-refractivity contribution in [1.82, 2.24) is 29.7 Å². The largest absolute Gasteiger partial charge is 0.481 e. The molecule has 1 saturated heterocycles. The molecule has 3 aromatic heterocycles. The molecule has 1 aliphatic carbocycles. The Kier molecular flexibility index (Phi) is 6.43. The van der Waals surface area contributed by atoms with E-state index in [-0.39, 0.29) is 29.0 Å². The number of carbonyl (C=O) groups is 2. The van der Waals surface area contributed by atoms with E-state index < -0.39 is 29.9 Å². The van der Waals surface area contributed by atoms with Crippen molar-refractivity contribution in [2.75, 3.05) is 25.0 Å². The number of amides is 1. The van der Waals surface area contributed by atoms with Gasteiger partial charge in [-0.3, -0.25) is 14.3 Å². The number of halogens is 2. The third-order valence-corrected chi connectivity index (χ3v) is 6.53. The van der Waals surface area contributed by atoms with Crippen LogP contribution in [0.25, 0.3) is 5.65 Å². The molecule has 5 rings (SSSR count). The predicted octanol–water partition coefficient (Wildman–Crippen LogP) is 2.59. The summed E-state index contributed by atoms with van der Waals surface area (Å²) in [5.41, 5.74) is 0.418. The number of morpholine rings is 1. The number of ether oxygens (including phenoxy) is 1. The number of alkyl halides is 2. The summed E-state index contributed by atoms with van der Waals surface area (Å²) in [6.07, 6.45) is 3.14. The summed E-state index contributed by atoms with van der Waals surface area (Å²) in [6.45, 7) is 1.88. The van der Waals surface area contributed by atoms with Crippen LogP contribution in [0.15, 0.2) is 24.7 Å². The number of nitrogens with one attached hydrogen (secondary N) is 2. The lowest BCUT2D eigenvalue weighted by atomic mass is 9.86. The Hall–Kier alpha value is -3.45. The van der Waals surface area contributed by atoms with Gasteiger partial charge < -0.3 is 20.5 Å². The fourth-order valence-corrected chi connectivity index (χ4v) is 4.60. The maximum atomic E-state index is 13.7. The zero-order valence-electron chi connectivity index (χ0n) is 18.7. The Labute approximate surface area is 198 Å². The number of carboxylic acids is 1. The van der Waals surface area contributed by atoms with E-state index in [4.69, 9.17) is 4.74 Å². The van der Waals surface area contributed by atoms with Crippen LogP contribution in [0.2, 0.25) is 0 Å². The smallest absolute Gasteiger partial charge is 0.306 e. The Bertz CT molecular complexity index is 1230. The molecule has 3 N–H and O–H groups in total. The van der Waals surface area contributed by atoms with Crippen LogP contribution in [0.3, 0.4) is 0 Å². The summed E-state index contributed by atoms with van der Waals surface area (Å²) in [4.78, 5) is 28.8. The molecule has 1 saturated carbocycles. The molecule has 1 aliphatic heterocycles. The Morgan fingerprint density at radius 1 is 1.26 bits per heavy atom. The van der Waals surface area contributed by atoms with Gasteiger partial charge in [0.1, 0.15) is 11.7 Å². The molecule has 11 nitrogen and oxygen atoms in total. The van der Waals surface area contributed by atoms with E-state index >= 15 is 0 Å². The standard InChI is InChI=1S/C22H25F2N7O4/c23-19(24)18-16(11-31(29-18)13-3-1-12(2-4-13)22(33)34)28-21(32)14-9-26-30-7-5-15(27-20(14)30)17-10-25-6-8-35-17/h5,7,9,11-13,17,19,25H,1-4,6,8,10H2,(H,28,32)(H,33,34)/t12-,13-,17?. The van der Waals surface area contributed by atoms with Gasteiger partial charge in [0.25, 0.3) is 12.3 Å². The second-order valence-electron chi connectivity index (χ2n) is 8.75. The minimum Gasteiger partial charge on any atom is -0.481 e. The maximum absolute atomic E-state index is 13.7. The van der Waals surface area contributed by atoms with Crippen molar-refractivity contribution in [2.45, 2.75) is 44.3 Å². The average Bonchev–Trinajstić information content (AvgIpc) is 3.49. The van der Waals surface area contributed by atoms with E-state index in [1.165, 1.54) is 21.6 Å². The molecular weight excluding hydrogens is 464 g/mol. The van der Waals surface area contributed by atoms with Gasteiger partial charge in [-0.1, -0.05) is 0 Å². The fourth-order valence-electron chi connectivity index (χ4n) is 4.60. The van der Waals surface area contributed by atoms with Gasteiger partial charge in [-0.05, 0) is 31.7 Å². The number of hydrogen-bond acceptors (Lipinski definition) is 7. The van der Waals surface area contributed by atoms with Crippen molar-refractivity contribution in [3.63, 3.8) is 0 Å². The van der Waals surface area contributed by atoms with Crippen LogP contribution in [0.4, 0.5) is 14.5 Å². The highest BCUT2D eigenvalue weighted by Gasteiger charge is 2.30. The van der Waals surface area contributed by atoms with Crippen molar-refractivity contribution >= 4 is 23.2 Å². The lowest BCUT2D eigenvalue weighted by Crippen LogP contribution is -2.33. The van der Waals surface area contributed by atoms with Crippen molar-refractivity contribution < 1.29 is 28.2 Å². The Balaban J connectivity index is 1.37. The number of nitrogens with zero attached hydrogens (tertiary/aromatic N) is 5. The van der Waals surface area contributed by atoms with Gasteiger partial charge in [0.05, 0.1) is 36.1 Å². The number of aromatic nitrogens is 5. The molecule has 1 atom stereocenters. The van der Waals surface area contributed by atoms with Gasteiger partial charge >= 0.3 is 5.97 Å². The third-order valence-electron chi connectivity index (χ3n) is 6.53. The molecule has 2 fully saturated rings. The highest BCUT2D eigenvalue weighted by Crippen LogP contribution is 2.35. The number of anilines is 1. The van der Waals surface area contributed by atoms with E-state index in [2.05, 4.69) is 25.8 Å². The minimum absolute atomic E-state index is 0.0966. The van der Waals surface area contributed by atoms with Gasteiger partial charge in [-0.2, -0.15) is 10.2 Å². The molecule has 3 aromatic rings. The van der Waals surface area contributed by atoms with Crippen LogP contribution in [0.5, 0.6) is 0 Å². The molecule has 0 bridgehead atoms. The monoisotopic (exact) mass is 489 g/mol. The van der Waals surface area contributed by atoms with E-state index in [1.54, 1.807) is 12.3 Å². The van der Waals surface area contributed by atoms with Gasteiger partial charge in [0, 0.05) is 25.5 Å². The molecule has 1 amide bonds. The van der Waals surface area contributed by atoms with E-state index in [9.17, 15) is 23.5 Å². The lowest BCUT2D eigenvalue weighted by molar-refractivity contribution is -0.143. The van der Waals surface area contributed by atoms with Crippen molar-refractivity contribution in [2.24, 2.45) is 5.92 Å². The SMILES string of the molecule is O=C(Nc1cn([C@H]2CC[C@H](C(=O)O)CC2)nc1C(F)F)c1cnn2ccc(C3CNCCO3)nc12. The average molecular weight is 489 g/mol. The van der Waals surface area contributed by atoms with Crippen LogP contribution in [0, 0.1) is 5.92 Å². The van der Waals surface area contributed by atoms with Crippen molar-refractivity contribution in [1.29, 1.82) is 0 Å². The second kappa shape index (κ2) is 9.66. The summed E-state index contributed by atoms with van der Waals surface area (Å²) in [6, 6.07) is 1.55. The van der Waals surface area contributed by atoms with E-state index in [0.29, 0.717) is 44.5 Å². The molecule has 1 unspecified atom stereocenters. The maximum Gasteiger partial charge on any atom is 0.306 e. The zero-order valence-corrected chi connectivity index (χ0v) is 18.7. The summed E-state index contributed by atoms with van der Waals surface area (Å²) in [7, 11) is 0. The fraction of sp³-hybridized carbons (Fsp3) is 0.500. The summed E-state index contributed by atoms with van der Waals surface area (Å²) < 4.78 is 36.0. The molecule has 35 heavy (non-hydrogen) atoms. The van der Waals surface area contributed by atoms with Crippen LogP contribution in [-0.2, 0) is 9.53 Å². The highest BCUT2D eigenvalue weighted by molar-refractivity contribution is 6.08. The van der Waals surface area contributed by atoms with E-state index in [1.807, 2.05) is 0 Å². The number of carbonyl (C=O) groups excluding carboxylic acids is 1. The number of hydrogen-bond donors (Lipinski definition) is 3. The molecule has 4 heterocycles. The Morgan fingerprint density at radius 3 is 2.74 bits per heavy atom. The molecule has 2 aliphatic rings. The topological polar surface area (TPSA) is 136 Å². The molecule has 0 spiro atoms. The van der Waals surface area contributed by atoms with Gasteiger partial charge in [0.15, 0.2) is 11.3 Å². The van der Waals surface area contributed by atoms with Crippen LogP contribution >= 0.6 is 0 Å². The summed E-state index contributed by atoms with van der Waals surface area (Å²) >= 11 is 0. The zero-order chi connectivity index (χ0) is 24.5. The van der Waals surface area contributed by atoms with Crippen molar-refractivity contribution in [3.8, 4) is 0 Å². The van der Waals surface area contributed by atoms with Crippen LogP contribution in [-0.4, -0.2) is 61.1 Å². The number of aliphatic carboxylic acids is 1. The molecule has 186 valence electrons. The van der Waals surface area contributed by atoms with Crippen LogP contribution < -0.4 is 10.6 Å². The molecule has 0 radical (unpaired) electrons. The first-order valence-electron chi connectivity index (χ1n) is 11.5. The third kappa shape index (κ3) is 4.73. The normalized spacial score (nSPS) is 23.0. The lowest BCUT2D eigenvalue weighted by Gasteiger charge is -2.26. The minimum atomic E-state index is -2.90. The van der Waals surface area contributed by atoms with E-state index in [0.717, 1.165) is 6.54 Å². The number of rotatable bonds is 6. The summed E-state index contributed by atoms with van der Waals surface area (Å²) in [5, 5.41) is 23.1. The second-order valence-corrected chi connectivity index (χ2v) is 8.75. The highest BCUT2D eigenvalue weighted by atomic mass is 19.3. The Morgan fingerprint density at radius 2 is 2.06 bits per heavy atom. The van der Waals surface area contributed by atoms with Crippen molar-refractivity contribution in [3.05, 3.63) is 41.6 Å². The summed E-state index contributed by atoms with van der Waals surface area (Å²) in [5.74, 6) is -1.91. The first-order valence-corrected chi connectivity index (χ1v) is 11.5. The predicted molar refractivity (Wildman–Crippen MR) is 118 cm³/mol. The quantitative estimate of drug-likeness (QED) is 0.481. The number of fused-ring (bicyclic) bond motifs is 1. The molecule has 0 aromatic carbocycles. The van der Waals surface area contributed by atoms with Gasteiger partial charge in [-0.15, -0.1) is 0 Å². The molecule has 13 heteroatoms. The molecular formula is C22H25F2N7O4. The first kappa shape index (κ1) is 23.3. The van der Waals surface area contributed by atoms with Gasteiger partial charge in [-0.25, -0.2) is 18.3 Å². The first-order chi connectivity index (χ1) is 16.9. The number of carboxylic acid groups (broad SMARTS) is 1. The van der Waals surface area contributed by atoms with Gasteiger partial charge in [0.2, 0.25) is 0 Å². The van der Waals surface area contributed by atoms with Crippen LogP contribution in [0.1, 0.15) is 66.0 Å².